The van der Waals surface area contributed by atoms with E-state index in [0.29, 0.717) is 6.54 Å². The molecule has 18 heavy (non-hydrogen) atoms. The van der Waals surface area contributed by atoms with E-state index in [1.807, 2.05) is 24.3 Å². The lowest BCUT2D eigenvalue weighted by molar-refractivity contribution is -0.122. The minimum Gasteiger partial charge on any atom is -0.494 e. The molecule has 0 aliphatic carbocycles. The van der Waals surface area contributed by atoms with Crippen molar-refractivity contribution < 1.29 is 9.53 Å². The monoisotopic (exact) mass is 250 g/mol. The Morgan fingerprint density at radius 2 is 2.28 bits per heavy atom. The number of ether oxygens (including phenoxy) is 1. The first-order valence-electron chi connectivity index (χ1n) is 6.38. The van der Waals surface area contributed by atoms with Gasteiger partial charge in [0.25, 0.3) is 0 Å². The third kappa shape index (κ3) is 5.19. The first-order chi connectivity index (χ1) is 8.63. The largest absolute Gasteiger partial charge is 0.494 e. The van der Waals surface area contributed by atoms with Crippen molar-refractivity contribution in [1.29, 1.82) is 0 Å². The van der Waals surface area contributed by atoms with E-state index in [1.165, 1.54) is 0 Å². The van der Waals surface area contributed by atoms with Gasteiger partial charge < -0.3 is 15.8 Å². The van der Waals surface area contributed by atoms with Crippen LogP contribution in [0.2, 0.25) is 0 Å². The predicted octanol–water partition coefficient (Wildman–Crippen LogP) is 1.83. The molecular weight excluding hydrogens is 228 g/mol. The normalized spacial score (nSPS) is 11.9. The molecule has 0 saturated heterocycles. The van der Waals surface area contributed by atoms with Crippen LogP contribution in [0.5, 0.6) is 5.75 Å². The Bertz CT molecular complexity index is 378. The Morgan fingerprint density at radius 3 is 2.94 bits per heavy atom. The molecule has 1 unspecified atom stereocenters. The van der Waals surface area contributed by atoms with Gasteiger partial charge in [-0.1, -0.05) is 25.5 Å². The number of nitrogens with one attached hydrogen (secondary N) is 1. The van der Waals surface area contributed by atoms with Gasteiger partial charge in [-0.05, 0) is 31.0 Å². The number of amides is 1. The van der Waals surface area contributed by atoms with Crippen LogP contribution in [0.1, 0.15) is 32.3 Å². The highest BCUT2D eigenvalue weighted by atomic mass is 16.5. The van der Waals surface area contributed by atoms with E-state index in [0.717, 1.165) is 30.8 Å². The van der Waals surface area contributed by atoms with Crippen molar-refractivity contribution in [2.75, 3.05) is 6.61 Å². The van der Waals surface area contributed by atoms with Crippen LogP contribution in [0.15, 0.2) is 24.3 Å². The Balaban J connectivity index is 2.46. The average molecular weight is 250 g/mol. The van der Waals surface area contributed by atoms with Crippen LogP contribution in [-0.2, 0) is 11.3 Å². The SMILES string of the molecule is CCCCOc1cccc(CNC(=O)C(C)N)c1. The third-order valence-corrected chi connectivity index (χ3v) is 2.55. The van der Waals surface area contributed by atoms with Gasteiger partial charge in [0.15, 0.2) is 0 Å². The fraction of sp³-hybridized carbons (Fsp3) is 0.500. The molecule has 1 atom stereocenters. The second-order valence-electron chi connectivity index (χ2n) is 4.36. The molecule has 1 aromatic carbocycles. The van der Waals surface area contributed by atoms with E-state index in [1.54, 1.807) is 6.92 Å². The van der Waals surface area contributed by atoms with Gasteiger partial charge in [0.05, 0.1) is 12.6 Å². The fourth-order valence-electron chi connectivity index (χ4n) is 1.43. The van der Waals surface area contributed by atoms with Crippen molar-refractivity contribution in [2.45, 2.75) is 39.3 Å². The van der Waals surface area contributed by atoms with Crippen molar-refractivity contribution in [1.82, 2.24) is 5.32 Å². The smallest absolute Gasteiger partial charge is 0.236 e. The van der Waals surface area contributed by atoms with Crippen LogP contribution in [0.4, 0.5) is 0 Å². The van der Waals surface area contributed by atoms with Crippen molar-refractivity contribution >= 4 is 5.91 Å². The lowest BCUT2D eigenvalue weighted by Crippen LogP contribution is -2.37. The Kier molecular flexibility index (Phi) is 6.22. The molecule has 0 heterocycles. The van der Waals surface area contributed by atoms with Gasteiger partial charge in [0, 0.05) is 6.54 Å². The summed E-state index contributed by atoms with van der Waals surface area (Å²) in [6.45, 7) is 5.00. The van der Waals surface area contributed by atoms with Gasteiger partial charge in [-0.3, -0.25) is 4.79 Å². The quantitative estimate of drug-likeness (QED) is 0.726. The molecule has 100 valence electrons. The highest BCUT2D eigenvalue weighted by Gasteiger charge is 2.06. The molecule has 0 bridgehead atoms. The summed E-state index contributed by atoms with van der Waals surface area (Å²) in [6.07, 6.45) is 2.16. The maximum atomic E-state index is 11.3. The van der Waals surface area contributed by atoms with Gasteiger partial charge in [-0.15, -0.1) is 0 Å². The summed E-state index contributed by atoms with van der Waals surface area (Å²) in [5, 5.41) is 2.77. The minimum absolute atomic E-state index is 0.146. The number of carbonyl (C=O) groups excluding carboxylic acids is 1. The Hall–Kier alpha value is -1.55. The first kappa shape index (κ1) is 14.5. The Labute approximate surface area is 109 Å². The summed E-state index contributed by atoms with van der Waals surface area (Å²) < 4.78 is 5.60. The lowest BCUT2D eigenvalue weighted by Gasteiger charge is -2.10. The molecular formula is C14H22N2O2. The van der Waals surface area contributed by atoms with Crippen LogP contribution in [0.3, 0.4) is 0 Å². The second-order valence-corrected chi connectivity index (χ2v) is 4.36. The van der Waals surface area contributed by atoms with Crippen LogP contribution < -0.4 is 15.8 Å². The lowest BCUT2D eigenvalue weighted by atomic mass is 10.2. The zero-order valence-corrected chi connectivity index (χ0v) is 11.1. The topological polar surface area (TPSA) is 64.3 Å². The van der Waals surface area contributed by atoms with Crippen molar-refractivity contribution in [2.24, 2.45) is 5.73 Å². The number of carbonyl (C=O) groups is 1. The predicted molar refractivity (Wildman–Crippen MR) is 72.3 cm³/mol. The zero-order chi connectivity index (χ0) is 13.4. The minimum atomic E-state index is -0.478. The molecule has 4 heteroatoms. The van der Waals surface area contributed by atoms with E-state index in [4.69, 9.17) is 10.5 Å². The van der Waals surface area contributed by atoms with E-state index >= 15 is 0 Å². The molecule has 0 aliphatic rings. The van der Waals surface area contributed by atoms with E-state index in [2.05, 4.69) is 12.2 Å². The maximum Gasteiger partial charge on any atom is 0.236 e. The second kappa shape index (κ2) is 7.71. The molecule has 0 radical (unpaired) electrons. The zero-order valence-electron chi connectivity index (χ0n) is 11.1. The summed E-state index contributed by atoms with van der Waals surface area (Å²) >= 11 is 0. The maximum absolute atomic E-state index is 11.3. The van der Waals surface area contributed by atoms with Crippen LogP contribution >= 0.6 is 0 Å². The number of hydrogen-bond donors (Lipinski definition) is 2. The summed E-state index contributed by atoms with van der Waals surface area (Å²) in [5.41, 5.74) is 6.49. The molecule has 0 fully saturated rings. The fourth-order valence-corrected chi connectivity index (χ4v) is 1.43. The highest BCUT2D eigenvalue weighted by Crippen LogP contribution is 2.13. The number of benzene rings is 1. The Morgan fingerprint density at radius 1 is 1.50 bits per heavy atom. The van der Waals surface area contributed by atoms with E-state index < -0.39 is 6.04 Å². The number of nitrogens with two attached hydrogens (primary N) is 1. The molecule has 1 rings (SSSR count). The molecule has 0 spiro atoms. The van der Waals surface area contributed by atoms with E-state index in [9.17, 15) is 4.79 Å². The van der Waals surface area contributed by atoms with Gasteiger partial charge in [0.2, 0.25) is 5.91 Å². The summed E-state index contributed by atoms with van der Waals surface area (Å²) in [4.78, 5) is 11.3. The van der Waals surface area contributed by atoms with Crippen LogP contribution in [0.25, 0.3) is 0 Å². The van der Waals surface area contributed by atoms with E-state index in [-0.39, 0.29) is 5.91 Å². The summed E-state index contributed by atoms with van der Waals surface area (Å²) in [6, 6.07) is 7.26. The first-order valence-corrected chi connectivity index (χ1v) is 6.38. The number of unbranched alkanes of at least 4 members (excludes halogenated alkanes) is 1. The molecule has 4 nitrogen and oxygen atoms in total. The molecule has 0 saturated carbocycles. The molecule has 1 aromatic rings. The van der Waals surface area contributed by atoms with Crippen molar-refractivity contribution in [3.8, 4) is 5.75 Å². The van der Waals surface area contributed by atoms with Crippen LogP contribution in [-0.4, -0.2) is 18.6 Å². The average Bonchev–Trinajstić information content (AvgIpc) is 2.36. The number of hydrogen-bond acceptors (Lipinski definition) is 3. The van der Waals surface area contributed by atoms with Gasteiger partial charge in [-0.2, -0.15) is 0 Å². The molecule has 1 amide bonds. The standard InChI is InChI=1S/C14H22N2O2/c1-3-4-8-18-13-7-5-6-12(9-13)10-16-14(17)11(2)15/h5-7,9,11H,3-4,8,10,15H2,1-2H3,(H,16,17). The molecule has 0 aliphatic heterocycles. The van der Waals surface area contributed by atoms with Gasteiger partial charge in [0.1, 0.15) is 5.75 Å². The van der Waals surface area contributed by atoms with Crippen molar-refractivity contribution in [3.05, 3.63) is 29.8 Å². The highest BCUT2D eigenvalue weighted by molar-refractivity contribution is 5.80. The third-order valence-electron chi connectivity index (χ3n) is 2.55. The number of rotatable bonds is 7. The van der Waals surface area contributed by atoms with Gasteiger partial charge in [-0.25, -0.2) is 0 Å². The molecule has 0 aromatic heterocycles. The van der Waals surface area contributed by atoms with Crippen LogP contribution in [0, 0.1) is 0 Å². The summed E-state index contributed by atoms with van der Waals surface area (Å²) in [5.74, 6) is 0.698. The van der Waals surface area contributed by atoms with Crippen molar-refractivity contribution in [3.63, 3.8) is 0 Å². The molecule has 3 N–H and O–H groups in total. The summed E-state index contributed by atoms with van der Waals surface area (Å²) in [7, 11) is 0. The van der Waals surface area contributed by atoms with Gasteiger partial charge >= 0.3 is 0 Å².